The molecule has 2 aromatic heterocycles. The van der Waals surface area contributed by atoms with Crippen molar-refractivity contribution in [1.29, 1.82) is 0 Å². The molecule has 24 heavy (non-hydrogen) atoms. The van der Waals surface area contributed by atoms with Crippen molar-refractivity contribution in [3.05, 3.63) is 36.7 Å². The van der Waals surface area contributed by atoms with Crippen LogP contribution in [-0.4, -0.2) is 50.3 Å². The summed E-state index contributed by atoms with van der Waals surface area (Å²) in [6.07, 6.45) is 7.14. The van der Waals surface area contributed by atoms with Gasteiger partial charge in [-0.15, -0.1) is 0 Å². The maximum absolute atomic E-state index is 13.1. The smallest absolute Gasteiger partial charge is 0.319 e. The van der Waals surface area contributed by atoms with Crippen LogP contribution in [0, 0.1) is 0 Å². The van der Waals surface area contributed by atoms with Crippen LogP contribution >= 0.6 is 0 Å². The predicted octanol–water partition coefficient (Wildman–Crippen LogP) is 1.21. The Kier molecular flexibility index (Phi) is 4.61. The number of halogens is 2. The van der Waals surface area contributed by atoms with Crippen molar-refractivity contribution < 1.29 is 13.6 Å². The van der Waals surface area contributed by atoms with Gasteiger partial charge in [0.15, 0.2) is 0 Å². The second kappa shape index (κ2) is 6.68. The van der Waals surface area contributed by atoms with Crippen molar-refractivity contribution in [1.82, 2.24) is 29.5 Å². The second-order valence-electron chi connectivity index (χ2n) is 5.92. The average Bonchev–Trinajstić information content (AvgIpc) is 3.26. The van der Waals surface area contributed by atoms with Gasteiger partial charge < -0.3 is 10.2 Å². The van der Waals surface area contributed by atoms with E-state index in [9.17, 15) is 13.6 Å². The summed E-state index contributed by atoms with van der Waals surface area (Å²) in [5.74, 6) is 0.0157. The molecule has 0 radical (unpaired) electrons. The van der Waals surface area contributed by atoms with E-state index in [1.165, 1.54) is 17.3 Å². The highest BCUT2D eigenvalue weighted by molar-refractivity contribution is 5.84. The molecule has 0 bridgehead atoms. The molecule has 1 fully saturated rings. The molecule has 0 aliphatic carbocycles. The fourth-order valence-corrected chi connectivity index (χ4v) is 3.19. The van der Waals surface area contributed by atoms with Crippen LogP contribution in [0.25, 0.3) is 0 Å². The van der Waals surface area contributed by atoms with E-state index >= 15 is 0 Å². The molecule has 3 rings (SSSR count). The summed E-state index contributed by atoms with van der Waals surface area (Å²) in [6.45, 7) is -1.26. The van der Waals surface area contributed by atoms with Crippen molar-refractivity contribution in [2.45, 2.75) is 31.5 Å². The van der Waals surface area contributed by atoms with E-state index in [4.69, 9.17) is 0 Å². The topological polar surface area (TPSA) is 68.0 Å². The number of amides is 1. The number of hydrogen-bond acceptors (Lipinski definition) is 4. The summed E-state index contributed by atoms with van der Waals surface area (Å²) in [7, 11) is 1.61. The zero-order valence-electron chi connectivity index (χ0n) is 13.4. The van der Waals surface area contributed by atoms with E-state index in [2.05, 4.69) is 15.4 Å². The molecule has 0 aromatic carbocycles. The number of hydrogen-bond donors (Lipinski definition) is 1. The van der Waals surface area contributed by atoms with Crippen LogP contribution in [-0.2, 0) is 16.9 Å². The minimum absolute atomic E-state index is 0.0205. The number of rotatable bonds is 5. The lowest BCUT2D eigenvalue weighted by Gasteiger charge is -2.39. The quantitative estimate of drug-likeness (QED) is 0.890. The molecule has 1 amide bonds. The van der Waals surface area contributed by atoms with Crippen LogP contribution < -0.4 is 5.32 Å². The molecular formula is C15H20F2N6O. The molecule has 3 heterocycles. The molecule has 7 nitrogen and oxygen atoms in total. The van der Waals surface area contributed by atoms with Gasteiger partial charge in [0.2, 0.25) is 0 Å². The predicted molar refractivity (Wildman–Crippen MR) is 82.3 cm³/mol. The molecule has 2 aromatic rings. The first-order valence-electron chi connectivity index (χ1n) is 7.81. The van der Waals surface area contributed by atoms with Crippen LogP contribution in [0.15, 0.2) is 30.9 Å². The minimum atomic E-state index is -2.68. The normalized spacial score (nSPS) is 17.2. The Balaban J connectivity index is 1.83. The second-order valence-corrected chi connectivity index (χ2v) is 5.92. The number of aromatic nitrogens is 4. The molecule has 9 heteroatoms. The van der Waals surface area contributed by atoms with Gasteiger partial charge in [-0.2, -0.15) is 13.9 Å². The highest BCUT2D eigenvalue weighted by Crippen LogP contribution is 2.29. The van der Waals surface area contributed by atoms with Crippen LogP contribution in [0.2, 0.25) is 0 Å². The number of nitrogens with zero attached hydrogens (tertiary/aromatic N) is 5. The molecule has 130 valence electrons. The summed E-state index contributed by atoms with van der Waals surface area (Å²) in [4.78, 5) is 18.5. The van der Waals surface area contributed by atoms with Crippen LogP contribution in [0.4, 0.5) is 8.78 Å². The van der Waals surface area contributed by atoms with E-state index in [1.54, 1.807) is 30.2 Å². The van der Waals surface area contributed by atoms with Crippen LogP contribution in [0.3, 0.4) is 0 Å². The Bertz CT molecular complexity index is 678. The SMILES string of the molecule is CN(Cc1nccn1C(F)F)C(=O)C1(n2cccn2)CCNCC1. The molecule has 0 unspecified atom stereocenters. The molecule has 0 saturated carbocycles. The zero-order chi connectivity index (χ0) is 17.2. The summed E-state index contributed by atoms with van der Waals surface area (Å²) >= 11 is 0. The maximum atomic E-state index is 13.1. The van der Waals surface area contributed by atoms with Crippen LogP contribution in [0.5, 0.6) is 0 Å². The molecule has 1 saturated heterocycles. The summed E-state index contributed by atoms with van der Waals surface area (Å²) in [5, 5.41) is 7.50. The van der Waals surface area contributed by atoms with E-state index in [-0.39, 0.29) is 18.3 Å². The van der Waals surface area contributed by atoms with Crippen molar-refractivity contribution in [3.63, 3.8) is 0 Å². The van der Waals surface area contributed by atoms with Crippen molar-refractivity contribution in [2.75, 3.05) is 20.1 Å². The van der Waals surface area contributed by atoms with Gasteiger partial charge in [-0.1, -0.05) is 0 Å². The number of imidazole rings is 1. The summed E-state index contributed by atoms with van der Waals surface area (Å²) in [6, 6.07) is 1.78. The minimum Gasteiger partial charge on any atom is -0.336 e. The molecule has 1 aliphatic rings. The molecule has 1 aliphatic heterocycles. The van der Waals surface area contributed by atoms with E-state index in [0.29, 0.717) is 25.9 Å². The molecular weight excluding hydrogens is 318 g/mol. The Morgan fingerprint density at radius 2 is 2.12 bits per heavy atom. The Hall–Kier alpha value is -2.29. The lowest BCUT2D eigenvalue weighted by Crippen LogP contribution is -2.54. The van der Waals surface area contributed by atoms with E-state index < -0.39 is 12.1 Å². The lowest BCUT2D eigenvalue weighted by molar-refractivity contribution is -0.142. The third kappa shape index (κ3) is 2.91. The van der Waals surface area contributed by atoms with Gasteiger partial charge in [-0.05, 0) is 32.0 Å². The lowest BCUT2D eigenvalue weighted by atomic mass is 9.87. The number of carbonyl (C=O) groups excluding carboxylic acids is 1. The van der Waals surface area contributed by atoms with Gasteiger partial charge in [-0.25, -0.2) is 4.98 Å². The van der Waals surface area contributed by atoms with Crippen molar-refractivity contribution in [2.24, 2.45) is 0 Å². The number of carbonyl (C=O) groups is 1. The van der Waals surface area contributed by atoms with Crippen molar-refractivity contribution >= 4 is 5.91 Å². The third-order valence-corrected chi connectivity index (χ3v) is 4.46. The first-order chi connectivity index (χ1) is 11.5. The fraction of sp³-hybridized carbons (Fsp3) is 0.533. The van der Waals surface area contributed by atoms with Crippen LogP contribution in [0.1, 0.15) is 25.2 Å². The average molecular weight is 338 g/mol. The molecule has 0 spiro atoms. The van der Waals surface area contributed by atoms with Gasteiger partial charge in [0.25, 0.3) is 5.91 Å². The summed E-state index contributed by atoms with van der Waals surface area (Å²) in [5.41, 5.74) is -0.786. The Morgan fingerprint density at radius 3 is 2.75 bits per heavy atom. The molecule has 1 N–H and O–H groups in total. The first-order valence-corrected chi connectivity index (χ1v) is 7.81. The van der Waals surface area contributed by atoms with Gasteiger partial charge in [0.05, 0.1) is 6.54 Å². The third-order valence-electron chi connectivity index (χ3n) is 4.46. The van der Waals surface area contributed by atoms with E-state index in [1.807, 2.05) is 0 Å². The first kappa shape index (κ1) is 16.6. The zero-order valence-corrected chi connectivity index (χ0v) is 13.4. The number of nitrogens with one attached hydrogen (secondary N) is 1. The highest BCUT2D eigenvalue weighted by Gasteiger charge is 2.43. The van der Waals surface area contributed by atoms with Crippen molar-refractivity contribution in [3.8, 4) is 0 Å². The largest absolute Gasteiger partial charge is 0.336 e. The number of alkyl halides is 2. The van der Waals surface area contributed by atoms with Gasteiger partial charge in [-0.3, -0.25) is 14.0 Å². The Morgan fingerprint density at radius 1 is 1.38 bits per heavy atom. The summed E-state index contributed by atoms with van der Waals surface area (Å²) < 4.78 is 28.4. The van der Waals surface area contributed by atoms with Gasteiger partial charge in [0.1, 0.15) is 11.4 Å². The molecule has 0 atom stereocenters. The Labute approximate surface area is 138 Å². The fourth-order valence-electron chi connectivity index (χ4n) is 3.19. The maximum Gasteiger partial charge on any atom is 0.319 e. The van der Waals surface area contributed by atoms with E-state index in [0.717, 1.165) is 4.57 Å². The van der Waals surface area contributed by atoms with Gasteiger partial charge in [0, 0.05) is 31.8 Å². The highest BCUT2D eigenvalue weighted by atomic mass is 19.3. The standard InChI is InChI=1S/C15H20F2N6O/c1-21(11-12-19-8-10-22(12)14(16)17)13(24)15(3-6-18-7-4-15)23-9-2-5-20-23/h2,5,8-10,14,18H,3-4,6-7,11H2,1H3. The van der Waals surface area contributed by atoms with Gasteiger partial charge >= 0.3 is 6.55 Å². The monoisotopic (exact) mass is 338 g/mol. The number of likely N-dealkylation sites (N-methyl/N-ethyl adjacent to an activating group) is 1. The number of piperidine rings is 1.